The van der Waals surface area contributed by atoms with Crippen LogP contribution in [0.1, 0.15) is 18.4 Å². The quantitative estimate of drug-likeness (QED) is 0.421. The van der Waals surface area contributed by atoms with E-state index in [1.165, 1.54) is 0 Å². The molecule has 20 heavy (non-hydrogen) atoms. The molecule has 0 spiro atoms. The van der Waals surface area contributed by atoms with Crippen LogP contribution in [-0.4, -0.2) is 27.1 Å². The molecule has 0 atom stereocenters. The average Bonchev–Trinajstić information content (AvgIpc) is 2.37. The topological polar surface area (TPSA) is 52.6 Å². The summed E-state index contributed by atoms with van der Waals surface area (Å²) in [6.07, 6.45) is 0.588. The van der Waals surface area contributed by atoms with Gasteiger partial charge in [0.2, 0.25) is 0 Å². The first kappa shape index (κ1) is 16.9. The van der Waals surface area contributed by atoms with E-state index in [1.807, 2.05) is 30.3 Å². The molecule has 0 amide bonds. The number of halogens is 3. The smallest absolute Gasteiger partial charge is 0.377 e. The highest BCUT2D eigenvalue weighted by Crippen LogP contribution is 2.24. The predicted octanol–water partition coefficient (Wildman–Crippen LogP) is 2.85. The standard InChI is InChI=1S/C12H15F3O4S/c13-12(14,15)20(16,17)19-9-5-4-8-18-10-11-6-2-1-3-7-11/h1-3,6-7H,4-5,8-10H2. The maximum Gasteiger partial charge on any atom is 0.523 e. The fraction of sp³-hybridized carbons (Fsp3) is 0.500. The number of rotatable bonds is 8. The molecule has 0 aliphatic rings. The van der Waals surface area contributed by atoms with Gasteiger partial charge < -0.3 is 4.74 Å². The molecule has 0 unspecified atom stereocenters. The summed E-state index contributed by atoms with van der Waals surface area (Å²) in [5.74, 6) is 0. The number of alkyl halides is 3. The van der Waals surface area contributed by atoms with Crippen molar-refractivity contribution in [2.24, 2.45) is 0 Å². The Morgan fingerprint density at radius 1 is 1.00 bits per heavy atom. The largest absolute Gasteiger partial charge is 0.523 e. The van der Waals surface area contributed by atoms with Gasteiger partial charge in [0, 0.05) is 6.61 Å². The molecular weight excluding hydrogens is 297 g/mol. The minimum atomic E-state index is -5.47. The van der Waals surface area contributed by atoms with Crippen LogP contribution in [0.25, 0.3) is 0 Å². The van der Waals surface area contributed by atoms with Gasteiger partial charge in [-0.15, -0.1) is 0 Å². The minimum Gasteiger partial charge on any atom is -0.377 e. The Kier molecular flexibility index (Phi) is 6.44. The van der Waals surface area contributed by atoms with Crippen molar-refractivity contribution < 1.29 is 30.5 Å². The van der Waals surface area contributed by atoms with Crippen molar-refractivity contribution in [3.63, 3.8) is 0 Å². The molecule has 0 aliphatic carbocycles. The molecule has 0 radical (unpaired) electrons. The van der Waals surface area contributed by atoms with E-state index in [-0.39, 0.29) is 6.42 Å². The van der Waals surface area contributed by atoms with Crippen LogP contribution < -0.4 is 0 Å². The van der Waals surface area contributed by atoms with E-state index in [0.717, 1.165) is 5.56 Å². The molecule has 0 aromatic heterocycles. The van der Waals surface area contributed by atoms with Gasteiger partial charge in [0.25, 0.3) is 0 Å². The van der Waals surface area contributed by atoms with Crippen molar-refractivity contribution in [2.75, 3.05) is 13.2 Å². The second-order valence-electron chi connectivity index (χ2n) is 3.97. The first-order chi connectivity index (χ1) is 9.33. The zero-order valence-electron chi connectivity index (χ0n) is 10.6. The molecule has 0 N–H and O–H groups in total. The molecule has 1 aromatic rings. The molecule has 4 nitrogen and oxygen atoms in total. The SMILES string of the molecule is O=S(=O)(OCCCCOCc1ccccc1)C(F)(F)F. The second kappa shape index (κ2) is 7.61. The van der Waals surface area contributed by atoms with Crippen LogP contribution >= 0.6 is 0 Å². The third-order valence-electron chi connectivity index (χ3n) is 2.32. The van der Waals surface area contributed by atoms with Gasteiger partial charge in [0.05, 0.1) is 13.2 Å². The lowest BCUT2D eigenvalue weighted by Crippen LogP contribution is -2.25. The first-order valence-electron chi connectivity index (χ1n) is 5.90. The van der Waals surface area contributed by atoms with Crippen molar-refractivity contribution in [3.8, 4) is 0 Å². The summed E-state index contributed by atoms with van der Waals surface area (Å²) in [6.45, 7) is 0.226. The Morgan fingerprint density at radius 3 is 2.20 bits per heavy atom. The molecule has 1 rings (SSSR count). The zero-order valence-corrected chi connectivity index (χ0v) is 11.4. The van der Waals surface area contributed by atoms with E-state index >= 15 is 0 Å². The number of unbranched alkanes of at least 4 members (excludes halogenated alkanes) is 1. The second-order valence-corrected chi connectivity index (χ2v) is 5.57. The summed E-state index contributed by atoms with van der Waals surface area (Å²) in [4.78, 5) is 0. The highest BCUT2D eigenvalue weighted by molar-refractivity contribution is 7.87. The van der Waals surface area contributed by atoms with Crippen molar-refractivity contribution in [3.05, 3.63) is 35.9 Å². The number of hydrogen-bond donors (Lipinski definition) is 0. The summed E-state index contributed by atoms with van der Waals surface area (Å²) in [7, 11) is -5.47. The summed E-state index contributed by atoms with van der Waals surface area (Å²) in [6, 6.07) is 9.39. The van der Waals surface area contributed by atoms with Crippen LogP contribution in [0.2, 0.25) is 0 Å². The molecule has 8 heteroatoms. The highest BCUT2D eigenvalue weighted by Gasteiger charge is 2.47. The fourth-order valence-electron chi connectivity index (χ4n) is 1.31. The third-order valence-corrected chi connectivity index (χ3v) is 3.36. The fourth-order valence-corrected chi connectivity index (χ4v) is 1.78. The predicted molar refractivity (Wildman–Crippen MR) is 66.3 cm³/mol. The van der Waals surface area contributed by atoms with Crippen LogP contribution in [0.5, 0.6) is 0 Å². The zero-order chi connectivity index (χ0) is 15.1. The van der Waals surface area contributed by atoms with Crippen LogP contribution in [-0.2, 0) is 25.6 Å². The van der Waals surface area contributed by atoms with Gasteiger partial charge in [-0.3, -0.25) is 4.18 Å². The van der Waals surface area contributed by atoms with E-state index < -0.39 is 22.2 Å². The number of benzene rings is 1. The van der Waals surface area contributed by atoms with Crippen molar-refractivity contribution in [2.45, 2.75) is 25.0 Å². The average molecular weight is 312 g/mol. The molecule has 0 aliphatic heterocycles. The van der Waals surface area contributed by atoms with Crippen molar-refractivity contribution in [1.82, 2.24) is 0 Å². The Labute approximate surface area is 115 Å². The molecule has 1 aromatic carbocycles. The lowest BCUT2D eigenvalue weighted by Gasteiger charge is -2.08. The molecule has 0 bridgehead atoms. The molecule has 0 fully saturated rings. The molecule has 114 valence electrons. The number of hydrogen-bond acceptors (Lipinski definition) is 4. The van der Waals surface area contributed by atoms with E-state index in [9.17, 15) is 21.6 Å². The van der Waals surface area contributed by atoms with E-state index in [2.05, 4.69) is 4.18 Å². The molecular formula is C12H15F3O4S. The summed E-state index contributed by atoms with van der Waals surface area (Å²) in [5, 5.41) is 0. The van der Waals surface area contributed by atoms with Gasteiger partial charge in [-0.2, -0.15) is 21.6 Å². The third kappa shape index (κ3) is 5.89. The van der Waals surface area contributed by atoms with Crippen molar-refractivity contribution >= 4 is 10.1 Å². The van der Waals surface area contributed by atoms with Gasteiger partial charge in [-0.1, -0.05) is 30.3 Å². The Balaban J connectivity index is 2.09. The first-order valence-corrected chi connectivity index (χ1v) is 7.31. The minimum absolute atomic E-state index is 0.171. The molecule has 0 heterocycles. The van der Waals surface area contributed by atoms with E-state index in [4.69, 9.17) is 4.74 Å². The van der Waals surface area contributed by atoms with E-state index in [1.54, 1.807) is 0 Å². The Bertz CT molecular complexity index is 485. The number of ether oxygens (including phenoxy) is 1. The van der Waals surface area contributed by atoms with E-state index in [0.29, 0.717) is 19.6 Å². The highest BCUT2D eigenvalue weighted by atomic mass is 32.2. The van der Waals surface area contributed by atoms with Crippen LogP contribution in [0.15, 0.2) is 30.3 Å². The lowest BCUT2D eigenvalue weighted by molar-refractivity contribution is -0.0543. The Hall–Kier alpha value is -1.12. The van der Waals surface area contributed by atoms with Crippen LogP contribution in [0, 0.1) is 0 Å². The van der Waals surface area contributed by atoms with Gasteiger partial charge in [0.1, 0.15) is 0 Å². The van der Waals surface area contributed by atoms with Gasteiger partial charge in [0.15, 0.2) is 0 Å². The molecule has 0 saturated carbocycles. The van der Waals surface area contributed by atoms with Gasteiger partial charge in [-0.05, 0) is 18.4 Å². The summed E-state index contributed by atoms with van der Waals surface area (Å²) >= 11 is 0. The van der Waals surface area contributed by atoms with Crippen molar-refractivity contribution in [1.29, 1.82) is 0 Å². The lowest BCUT2D eigenvalue weighted by atomic mass is 10.2. The van der Waals surface area contributed by atoms with Crippen LogP contribution in [0.3, 0.4) is 0 Å². The Morgan fingerprint density at radius 2 is 1.60 bits per heavy atom. The maximum atomic E-state index is 11.9. The van der Waals surface area contributed by atoms with Crippen LogP contribution in [0.4, 0.5) is 13.2 Å². The summed E-state index contributed by atoms with van der Waals surface area (Å²) in [5.41, 5.74) is -4.38. The normalized spacial score (nSPS) is 12.6. The molecule has 0 saturated heterocycles. The summed E-state index contributed by atoms with van der Waals surface area (Å²) < 4.78 is 66.0. The monoisotopic (exact) mass is 312 g/mol. The van der Waals surface area contributed by atoms with Gasteiger partial charge >= 0.3 is 15.6 Å². The maximum absolute atomic E-state index is 11.9. The van der Waals surface area contributed by atoms with Gasteiger partial charge in [-0.25, -0.2) is 0 Å².